The molecule has 11 heteroatoms. The number of hydrogen-bond acceptors (Lipinski definition) is 7. The maximum absolute atomic E-state index is 12.1. The summed E-state index contributed by atoms with van der Waals surface area (Å²) in [5.41, 5.74) is 2.63. The summed E-state index contributed by atoms with van der Waals surface area (Å²) in [5, 5.41) is 26.5. The van der Waals surface area contributed by atoms with Gasteiger partial charge in [-0.05, 0) is 42.5 Å². The largest absolute Gasteiger partial charge is 0.283 e. The predicted octanol–water partition coefficient (Wildman–Crippen LogP) is 5.07. The smallest absolute Gasteiger partial charge is 0.267 e. The molecule has 0 aliphatic rings. The number of non-ortho nitro benzene ring substituents is 1. The Balaban J connectivity index is 1.70. The molecular weight excluding hydrogens is 444 g/mol. The fourth-order valence-electron chi connectivity index (χ4n) is 2.44. The minimum absolute atomic E-state index is 0.106. The van der Waals surface area contributed by atoms with Gasteiger partial charge in [-0.2, -0.15) is 5.10 Å². The highest BCUT2D eigenvalue weighted by Gasteiger charge is 2.15. The summed E-state index contributed by atoms with van der Waals surface area (Å²) in [7, 11) is 0. The molecule has 1 amide bonds. The molecule has 0 saturated carbocycles. The number of hydrazone groups is 1. The Morgan fingerprint density at radius 1 is 0.968 bits per heavy atom. The Morgan fingerprint density at radius 2 is 1.65 bits per heavy atom. The average Bonchev–Trinajstić information content (AvgIpc) is 2.76. The number of halogens is 1. The molecule has 0 bridgehead atoms. The fraction of sp³-hybridized carbons (Fsp3) is 0. The van der Waals surface area contributed by atoms with Crippen LogP contribution in [0.3, 0.4) is 0 Å². The average molecular weight is 457 g/mol. The Labute approximate surface area is 185 Å². The summed E-state index contributed by atoms with van der Waals surface area (Å²) in [6.45, 7) is 0. The van der Waals surface area contributed by atoms with E-state index in [0.29, 0.717) is 15.5 Å². The third-order valence-electron chi connectivity index (χ3n) is 3.94. The van der Waals surface area contributed by atoms with Crippen LogP contribution in [0.1, 0.15) is 15.9 Å². The van der Waals surface area contributed by atoms with Gasteiger partial charge in [-0.15, -0.1) is 0 Å². The molecule has 31 heavy (non-hydrogen) atoms. The SMILES string of the molecule is O=C(NN=Cc1ccc(Sc2ccc(Cl)cc2)c([N+](=O)[O-])c1)c1ccc([N+](=O)[O-])cc1. The Kier molecular flexibility index (Phi) is 6.96. The van der Waals surface area contributed by atoms with Gasteiger partial charge in [0.15, 0.2) is 0 Å². The van der Waals surface area contributed by atoms with Gasteiger partial charge < -0.3 is 0 Å². The van der Waals surface area contributed by atoms with Crippen molar-refractivity contribution in [2.45, 2.75) is 9.79 Å². The minimum Gasteiger partial charge on any atom is -0.267 e. The molecule has 9 nitrogen and oxygen atoms in total. The van der Waals surface area contributed by atoms with Crippen molar-refractivity contribution < 1.29 is 14.6 Å². The van der Waals surface area contributed by atoms with Crippen molar-refractivity contribution in [1.82, 2.24) is 5.43 Å². The molecule has 0 spiro atoms. The monoisotopic (exact) mass is 456 g/mol. The highest BCUT2D eigenvalue weighted by Crippen LogP contribution is 2.35. The summed E-state index contributed by atoms with van der Waals surface area (Å²) < 4.78 is 0. The van der Waals surface area contributed by atoms with Crippen LogP contribution in [-0.4, -0.2) is 22.0 Å². The minimum atomic E-state index is -0.574. The van der Waals surface area contributed by atoms with E-state index in [9.17, 15) is 25.0 Å². The van der Waals surface area contributed by atoms with Crippen molar-refractivity contribution in [1.29, 1.82) is 0 Å². The Morgan fingerprint density at radius 3 is 2.26 bits per heavy atom. The van der Waals surface area contributed by atoms with Crippen LogP contribution in [0.2, 0.25) is 5.02 Å². The number of nitrogens with zero attached hydrogens (tertiary/aromatic N) is 3. The number of hydrogen-bond donors (Lipinski definition) is 1. The number of carbonyl (C=O) groups is 1. The highest BCUT2D eigenvalue weighted by atomic mass is 35.5. The van der Waals surface area contributed by atoms with E-state index in [1.165, 1.54) is 48.3 Å². The molecule has 0 fully saturated rings. The second kappa shape index (κ2) is 9.83. The van der Waals surface area contributed by atoms with Gasteiger partial charge in [0.05, 0.1) is 21.0 Å². The van der Waals surface area contributed by atoms with Crippen LogP contribution in [0.5, 0.6) is 0 Å². The standard InChI is InChI=1S/C20H13ClN4O5S/c21-15-4-8-17(9-5-15)31-19-10-1-13(11-18(19)25(29)30)12-22-23-20(26)14-2-6-16(7-3-14)24(27)28/h1-12H,(H,23,26). The number of nitro groups is 2. The zero-order chi connectivity index (χ0) is 22.4. The molecule has 1 N–H and O–H groups in total. The maximum Gasteiger partial charge on any atom is 0.283 e. The third-order valence-corrected chi connectivity index (χ3v) is 5.27. The quantitative estimate of drug-likeness (QED) is 0.300. The van der Waals surface area contributed by atoms with Crippen molar-refractivity contribution >= 4 is 46.9 Å². The van der Waals surface area contributed by atoms with Gasteiger partial charge in [0.2, 0.25) is 0 Å². The molecule has 156 valence electrons. The lowest BCUT2D eigenvalue weighted by Gasteiger charge is -2.04. The molecule has 0 aromatic heterocycles. The first kappa shape index (κ1) is 21.9. The molecule has 0 atom stereocenters. The van der Waals surface area contributed by atoms with Gasteiger partial charge in [0.1, 0.15) is 0 Å². The summed E-state index contributed by atoms with van der Waals surface area (Å²) in [6, 6.07) is 16.5. The number of benzene rings is 3. The molecule has 0 aliphatic carbocycles. The van der Waals surface area contributed by atoms with E-state index < -0.39 is 15.8 Å². The highest BCUT2D eigenvalue weighted by molar-refractivity contribution is 7.99. The van der Waals surface area contributed by atoms with E-state index in [-0.39, 0.29) is 16.9 Å². The summed E-state index contributed by atoms with van der Waals surface area (Å²) in [4.78, 5) is 34.4. The van der Waals surface area contributed by atoms with Crippen molar-refractivity contribution in [3.63, 3.8) is 0 Å². The molecule has 0 aliphatic heterocycles. The molecule has 3 rings (SSSR count). The summed E-state index contributed by atoms with van der Waals surface area (Å²) in [5.74, 6) is -0.574. The molecule has 0 heterocycles. The molecule has 3 aromatic rings. The van der Waals surface area contributed by atoms with Gasteiger partial charge in [-0.25, -0.2) is 5.43 Å². The van der Waals surface area contributed by atoms with E-state index in [4.69, 9.17) is 11.6 Å². The summed E-state index contributed by atoms with van der Waals surface area (Å²) in [6.07, 6.45) is 1.27. The normalized spacial score (nSPS) is 10.7. The number of nitro benzene ring substituents is 2. The van der Waals surface area contributed by atoms with Crippen LogP contribution in [0, 0.1) is 20.2 Å². The second-order valence-corrected chi connectivity index (χ2v) is 7.60. The van der Waals surface area contributed by atoms with Crippen molar-refractivity contribution in [2.75, 3.05) is 0 Å². The number of nitrogens with one attached hydrogen (secondary N) is 1. The van der Waals surface area contributed by atoms with Crippen molar-refractivity contribution in [3.05, 3.63) is 103 Å². The lowest BCUT2D eigenvalue weighted by Crippen LogP contribution is -2.17. The first-order chi connectivity index (χ1) is 14.8. The first-order valence-electron chi connectivity index (χ1n) is 8.63. The van der Waals surface area contributed by atoms with Gasteiger partial charge >= 0.3 is 0 Å². The first-order valence-corrected chi connectivity index (χ1v) is 9.82. The zero-order valence-corrected chi connectivity index (χ0v) is 17.2. The molecule has 0 radical (unpaired) electrons. The fourth-order valence-corrected chi connectivity index (χ4v) is 3.46. The summed E-state index contributed by atoms with van der Waals surface area (Å²) >= 11 is 7.08. The number of carbonyl (C=O) groups excluding carboxylic acids is 1. The van der Waals surface area contributed by atoms with Crippen LogP contribution in [0.15, 0.2) is 81.6 Å². The molecule has 0 saturated heterocycles. The number of amides is 1. The Hall–Kier alpha value is -3.76. The van der Waals surface area contributed by atoms with Crippen LogP contribution in [-0.2, 0) is 0 Å². The van der Waals surface area contributed by atoms with Gasteiger partial charge in [0, 0.05) is 39.2 Å². The third kappa shape index (κ3) is 5.87. The zero-order valence-electron chi connectivity index (χ0n) is 15.6. The van der Waals surface area contributed by atoms with E-state index in [1.807, 2.05) is 0 Å². The Bertz CT molecular complexity index is 1170. The van der Waals surface area contributed by atoms with E-state index in [2.05, 4.69) is 10.5 Å². The van der Waals surface area contributed by atoms with Crippen molar-refractivity contribution in [2.24, 2.45) is 5.10 Å². The number of rotatable bonds is 7. The predicted molar refractivity (Wildman–Crippen MR) is 117 cm³/mol. The lowest BCUT2D eigenvalue weighted by atomic mass is 10.2. The molecular formula is C20H13ClN4O5S. The van der Waals surface area contributed by atoms with Crippen LogP contribution in [0.25, 0.3) is 0 Å². The van der Waals surface area contributed by atoms with Crippen molar-refractivity contribution in [3.8, 4) is 0 Å². The van der Waals surface area contributed by atoms with Crippen LogP contribution < -0.4 is 5.43 Å². The lowest BCUT2D eigenvalue weighted by molar-refractivity contribution is -0.387. The van der Waals surface area contributed by atoms with Gasteiger partial charge in [-0.3, -0.25) is 25.0 Å². The maximum atomic E-state index is 12.1. The molecule has 3 aromatic carbocycles. The van der Waals surface area contributed by atoms with Crippen LogP contribution in [0.4, 0.5) is 11.4 Å². The van der Waals surface area contributed by atoms with E-state index in [1.54, 1.807) is 36.4 Å². The topological polar surface area (TPSA) is 128 Å². The second-order valence-electron chi connectivity index (χ2n) is 6.04. The van der Waals surface area contributed by atoms with E-state index in [0.717, 1.165) is 4.90 Å². The van der Waals surface area contributed by atoms with E-state index >= 15 is 0 Å². The van der Waals surface area contributed by atoms with Gasteiger partial charge in [-0.1, -0.05) is 29.4 Å². The van der Waals surface area contributed by atoms with Crippen LogP contribution >= 0.6 is 23.4 Å². The molecule has 0 unspecified atom stereocenters. The van der Waals surface area contributed by atoms with Gasteiger partial charge in [0.25, 0.3) is 17.3 Å².